The van der Waals surface area contributed by atoms with Crippen LogP contribution in [0.4, 0.5) is 11.4 Å². The first-order chi connectivity index (χ1) is 20.6. The summed E-state index contributed by atoms with van der Waals surface area (Å²) in [5.74, 6) is 0. The van der Waals surface area contributed by atoms with Crippen molar-refractivity contribution in [2.24, 2.45) is 0 Å². The van der Waals surface area contributed by atoms with E-state index in [1.54, 1.807) is 0 Å². The summed E-state index contributed by atoms with van der Waals surface area (Å²) < 4.78 is 2.65. The molecule has 2 heterocycles. The van der Waals surface area contributed by atoms with Gasteiger partial charge in [0.1, 0.15) is 0 Å². The van der Waals surface area contributed by atoms with Gasteiger partial charge in [0.25, 0.3) is 0 Å². The number of rotatable bonds is 4. The van der Waals surface area contributed by atoms with E-state index in [-0.39, 0.29) is 0 Å². The molecule has 4 heteroatoms. The van der Waals surface area contributed by atoms with E-state index in [1.807, 2.05) is 34.9 Å². The second kappa shape index (κ2) is 10.4. The second-order valence-corrected chi connectivity index (χ2v) is 13.9. The van der Waals surface area contributed by atoms with Gasteiger partial charge in [-0.25, -0.2) is 0 Å². The highest BCUT2D eigenvalue weighted by molar-refractivity contribution is 8.00. The maximum atomic E-state index is 3.65. The number of fused-ring (bicyclic) bond motifs is 5. The highest BCUT2D eigenvalue weighted by atomic mass is 32.2. The lowest BCUT2D eigenvalue weighted by Crippen LogP contribution is -2.00. The molecule has 0 fully saturated rings. The number of hydrogen-bond donors (Lipinski definition) is 1. The van der Waals surface area contributed by atoms with Gasteiger partial charge in [-0.15, -0.1) is 11.3 Å². The summed E-state index contributed by atoms with van der Waals surface area (Å²) in [4.78, 5) is 5.18. The van der Waals surface area contributed by atoms with Crippen molar-refractivity contribution in [3.63, 3.8) is 0 Å². The van der Waals surface area contributed by atoms with Crippen LogP contribution in [0.25, 0.3) is 42.4 Å². The van der Waals surface area contributed by atoms with Gasteiger partial charge in [0.05, 0.1) is 11.4 Å². The Hall–Kier alpha value is -3.96. The van der Waals surface area contributed by atoms with Crippen LogP contribution in [0.1, 0.15) is 11.1 Å². The highest BCUT2D eigenvalue weighted by Crippen LogP contribution is 2.49. The van der Waals surface area contributed by atoms with Crippen LogP contribution < -0.4 is 5.32 Å². The molecule has 1 aliphatic rings. The molecule has 0 saturated heterocycles. The molecule has 202 valence electrons. The van der Waals surface area contributed by atoms with E-state index in [2.05, 4.69) is 140 Å². The molecule has 0 aliphatic carbocycles. The molecule has 1 nitrogen and oxygen atoms in total. The maximum Gasteiger partial charge on any atom is 0.0532 e. The summed E-state index contributed by atoms with van der Waals surface area (Å²) in [6.07, 6.45) is 0. The molecule has 1 N–H and O–H groups in total. The van der Waals surface area contributed by atoms with E-state index >= 15 is 0 Å². The zero-order valence-corrected chi connectivity index (χ0v) is 25.7. The molecule has 0 saturated carbocycles. The average molecular weight is 594 g/mol. The molecule has 0 spiro atoms. The molecule has 0 atom stereocenters. The van der Waals surface area contributed by atoms with Crippen molar-refractivity contribution in [3.8, 4) is 22.3 Å². The minimum Gasteiger partial charge on any atom is -0.354 e. The van der Waals surface area contributed by atoms with Crippen molar-refractivity contribution in [2.45, 2.75) is 33.4 Å². The van der Waals surface area contributed by atoms with Crippen molar-refractivity contribution in [1.82, 2.24) is 0 Å². The van der Waals surface area contributed by atoms with Crippen LogP contribution in [0.3, 0.4) is 0 Å². The predicted molar refractivity (Wildman–Crippen MR) is 184 cm³/mol. The van der Waals surface area contributed by atoms with Crippen LogP contribution in [0.5, 0.6) is 0 Å². The van der Waals surface area contributed by atoms with Gasteiger partial charge in [-0.2, -0.15) is 0 Å². The number of nitrogens with one attached hydrogen (secondary N) is 1. The van der Waals surface area contributed by atoms with Crippen LogP contribution in [-0.2, 0) is 0 Å². The van der Waals surface area contributed by atoms with Gasteiger partial charge in [-0.1, -0.05) is 96.3 Å². The Bertz CT molecular complexity index is 2160. The quantitative estimate of drug-likeness (QED) is 0.218. The highest BCUT2D eigenvalue weighted by Gasteiger charge is 2.20. The number of anilines is 2. The fraction of sp³-hybridized carbons (Fsp3) is 0.0526. The Kier molecular flexibility index (Phi) is 6.37. The standard InChI is InChI=1S/C38H27NS3/c1-23-9-3-5-15-33(23)41-37-24(2)10-7-11-27(37)25-17-19-34-29(21-25)30-22-26(18-20-35(30)40-34)28-12-8-14-32-38(28)42-36-16-6-4-13-31(36)39-32/h3-22,39H,1-2H3. The van der Waals surface area contributed by atoms with Crippen molar-refractivity contribution in [1.29, 1.82) is 0 Å². The van der Waals surface area contributed by atoms with Crippen LogP contribution >= 0.6 is 34.9 Å². The molecule has 0 unspecified atom stereocenters. The Morgan fingerprint density at radius 2 is 1.21 bits per heavy atom. The Labute approximate surface area is 258 Å². The van der Waals surface area contributed by atoms with Crippen molar-refractivity contribution < 1.29 is 0 Å². The lowest BCUT2D eigenvalue weighted by Gasteiger charge is -2.23. The molecule has 8 rings (SSSR count). The molecule has 7 aromatic rings. The van der Waals surface area contributed by atoms with Gasteiger partial charge in [0.2, 0.25) is 0 Å². The largest absolute Gasteiger partial charge is 0.354 e. The molecule has 1 aromatic heterocycles. The lowest BCUT2D eigenvalue weighted by molar-refractivity contribution is 1.26. The van der Waals surface area contributed by atoms with Gasteiger partial charge in [-0.05, 0) is 95.8 Å². The molecule has 0 amide bonds. The van der Waals surface area contributed by atoms with E-state index in [4.69, 9.17) is 0 Å². The molecular weight excluding hydrogens is 567 g/mol. The van der Waals surface area contributed by atoms with Gasteiger partial charge in [0, 0.05) is 39.8 Å². The van der Waals surface area contributed by atoms with E-state index in [9.17, 15) is 0 Å². The van der Waals surface area contributed by atoms with Gasteiger partial charge in [0.15, 0.2) is 0 Å². The third-order valence-corrected chi connectivity index (χ3v) is 11.8. The van der Waals surface area contributed by atoms with Crippen molar-refractivity contribution >= 4 is 66.4 Å². The molecule has 1 aliphatic heterocycles. The van der Waals surface area contributed by atoms with Crippen molar-refractivity contribution in [2.75, 3.05) is 5.32 Å². The smallest absolute Gasteiger partial charge is 0.0532 e. The minimum atomic E-state index is 1.17. The molecule has 42 heavy (non-hydrogen) atoms. The third kappa shape index (κ3) is 4.42. The fourth-order valence-electron chi connectivity index (χ4n) is 5.80. The van der Waals surface area contributed by atoms with Gasteiger partial charge < -0.3 is 5.32 Å². The van der Waals surface area contributed by atoms with Gasteiger partial charge >= 0.3 is 0 Å². The fourth-order valence-corrected chi connectivity index (χ4v) is 9.10. The zero-order valence-electron chi connectivity index (χ0n) is 23.3. The summed E-state index contributed by atoms with van der Waals surface area (Å²) in [5.41, 5.74) is 10.0. The first kappa shape index (κ1) is 25.7. The van der Waals surface area contributed by atoms with E-state index in [0.29, 0.717) is 0 Å². The van der Waals surface area contributed by atoms with E-state index in [1.165, 1.54) is 84.5 Å². The first-order valence-corrected chi connectivity index (χ1v) is 16.5. The number of benzene rings is 6. The number of para-hydroxylation sites is 1. The first-order valence-electron chi connectivity index (χ1n) is 14.1. The molecule has 6 aromatic carbocycles. The third-order valence-electron chi connectivity index (χ3n) is 7.99. The summed E-state index contributed by atoms with van der Waals surface area (Å²) >= 11 is 5.61. The SMILES string of the molecule is Cc1ccccc1Sc1c(C)cccc1-c1ccc2sc3ccc(-c4cccc5c4Sc4ccccc4N5)cc3c2c1. The average Bonchev–Trinajstić information content (AvgIpc) is 3.39. The Morgan fingerprint density at radius 3 is 2.02 bits per heavy atom. The second-order valence-electron chi connectivity index (χ2n) is 10.7. The maximum absolute atomic E-state index is 3.65. The molecule has 0 radical (unpaired) electrons. The van der Waals surface area contributed by atoms with E-state index < -0.39 is 0 Å². The van der Waals surface area contributed by atoms with Crippen LogP contribution in [0.2, 0.25) is 0 Å². The molecule has 0 bridgehead atoms. The summed E-state index contributed by atoms with van der Waals surface area (Å²) in [6, 6.07) is 44.5. The van der Waals surface area contributed by atoms with Crippen molar-refractivity contribution in [3.05, 3.63) is 132 Å². The number of hydrogen-bond acceptors (Lipinski definition) is 4. The van der Waals surface area contributed by atoms with E-state index in [0.717, 1.165) is 0 Å². The lowest BCUT2D eigenvalue weighted by atomic mass is 9.99. The minimum absolute atomic E-state index is 1.17. The summed E-state index contributed by atoms with van der Waals surface area (Å²) in [7, 11) is 0. The summed E-state index contributed by atoms with van der Waals surface area (Å²) in [5, 5.41) is 6.29. The summed E-state index contributed by atoms with van der Waals surface area (Å²) in [6.45, 7) is 4.42. The van der Waals surface area contributed by atoms with Crippen LogP contribution in [-0.4, -0.2) is 0 Å². The topological polar surface area (TPSA) is 12.0 Å². The number of aryl methyl sites for hydroxylation is 2. The zero-order chi connectivity index (χ0) is 28.2. The van der Waals surface area contributed by atoms with Crippen LogP contribution in [0, 0.1) is 13.8 Å². The predicted octanol–water partition coefficient (Wildman–Crippen LogP) is 12.4. The monoisotopic (exact) mass is 593 g/mol. The Morgan fingerprint density at radius 1 is 0.571 bits per heavy atom. The molecular formula is C38H27NS3. The Balaban J connectivity index is 1.24. The van der Waals surface area contributed by atoms with Gasteiger partial charge in [-0.3, -0.25) is 0 Å². The normalized spacial score (nSPS) is 12.2. The number of thiophene rings is 1. The van der Waals surface area contributed by atoms with Crippen LogP contribution in [0.15, 0.2) is 141 Å².